The van der Waals surface area contributed by atoms with Crippen molar-refractivity contribution < 1.29 is 4.79 Å². The summed E-state index contributed by atoms with van der Waals surface area (Å²) in [6, 6.07) is 5.37. The fourth-order valence-corrected chi connectivity index (χ4v) is 4.16. The number of aromatic nitrogens is 1. The van der Waals surface area contributed by atoms with Crippen molar-refractivity contribution >= 4 is 34.5 Å². The molecule has 0 radical (unpaired) electrons. The van der Waals surface area contributed by atoms with Crippen molar-refractivity contribution in [3.8, 4) is 0 Å². The van der Waals surface area contributed by atoms with Gasteiger partial charge in [0, 0.05) is 24.0 Å². The molecule has 1 heterocycles. The lowest BCUT2D eigenvalue weighted by Crippen LogP contribution is -2.18. The predicted octanol–water partition coefficient (Wildman–Crippen LogP) is 4.43. The summed E-state index contributed by atoms with van der Waals surface area (Å²) in [5, 5.41) is 9.73. The van der Waals surface area contributed by atoms with Crippen LogP contribution in [0.3, 0.4) is 0 Å². The molecule has 6 heteroatoms. The van der Waals surface area contributed by atoms with E-state index in [2.05, 4.69) is 16.0 Å². The van der Waals surface area contributed by atoms with Crippen LogP contribution in [0.5, 0.6) is 0 Å². The summed E-state index contributed by atoms with van der Waals surface area (Å²) in [4.78, 5) is 16.4. The maximum absolute atomic E-state index is 11.6. The van der Waals surface area contributed by atoms with Crippen molar-refractivity contribution in [2.45, 2.75) is 38.1 Å². The lowest BCUT2D eigenvalue weighted by Gasteiger charge is -2.08. The molecule has 1 aliphatic rings. The van der Waals surface area contributed by atoms with E-state index in [0.717, 1.165) is 11.4 Å². The van der Waals surface area contributed by atoms with E-state index in [-0.39, 0.29) is 5.91 Å². The van der Waals surface area contributed by atoms with Crippen LogP contribution in [0.4, 0.5) is 5.69 Å². The van der Waals surface area contributed by atoms with Gasteiger partial charge in [0.1, 0.15) is 0 Å². The van der Waals surface area contributed by atoms with E-state index in [4.69, 9.17) is 16.6 Å². The second-order valence-electron chi connectivity index (χ2n) is 5.79. The second-order valence-corrected chi connectivity index (χ2v) is 7.08. The number of anilines is 1. The lowest BCUT2D eigenvalue weighted by molar-refractivity contribution is 0.0963. The SMILES string of the molecule is CNC(=O)c1ccc(NCc2csc(C3CCCC3)n2)cc1Cl. The summed E-state index contributed by atoms with van der Waals surface area (Å²) in [7, 11) is 1.59. The largest absolute Gasteiger partial charge is 0.379 e. The molecule has 4 nitrogen and oxygen atoms in total. The summed E-state index contributed by atoms with van der Waals surface area (Å²) in [6.07, 6.45) is 5.20. The summed E-state index contributed by atoms with van der Waals surface area (Å²) in [6.45, 7) is 0.666. The van der Waals surface area contributed by atoms with Gasteiger partial charge < -0.3 is 10.6 Å². The van der Waals surface area contributed by atoms with Crippen molar-refractivity contribution in [1.82, 2.24) is 10.3 Å². The number of nitrogens with zero attached hydrogens (tertiary/aromatic N) is 1. The summed E-state index contributed by atoms with van der Waals surface area (Å²) in [5.41, 5.74) is 2.43. The van der Waals surface area contributed by atoms with Gasteiger partial charge >= 0.3 is 0 Å². The first-order valence-corrected chi connectivity index (χ1v) is 9.13. The van der Waals surface area contributed by atoms with Crippen LogP contribution in [-0.4, -0.2) is 17.9 Å². The third kappa shape index (κ3) is 3.85. The molecule has 3 rings (SSSR count). The molecule has 1 aromatic heterocycles. The molecule has 0 saturated heterocycles. The quantitative estimate of drug-likeness (QED) is 0.839. The fourth-order valence-electron chi connectivity index (χ4n) is 2.90. The first kappa shape index (κ1) is 16.3. The van der Waals surface area contributed by atoms with Gasteiger partial charge in [0.05, 0.1) is 27.8 Å². The molecule has 0 unspecified atom stereocenters. The van der Waals surface area contributed by atoms with Gasteiger partial charge in [-0.05, 0) is 31.0 Å². The van der Waals surface area contributed by atoms with E-state index < -0.39 is 0 Å². The van der Waals surface area contributed by atoms with Gasteiger partial charge in [0.2, 0.25) is 0 Å². The van der Waals surface area contributed by atoms with E-state index in [1.54, 1.807) is 30.5 Å². The molecule has 1 aromatic carbocycles. The zero-order valence-electron chi connectivity index (χ0n) is 13.1. The van der Waals surface area contributed by atoms with Crippen molar-refractivity contribution in [3.63, 3.8) is 0 Å². The molecular formula is C17H20ClN3OS. The maximum atomic E-state index is 11.6. The van der Waals surface area contributed by atoms with Gasteiger partial charge in [-0.2, -0.15) is 0 Å². The molecule has 122 valence electrons. The molecule has 1 aliphatic carbocycles. The zero-order valence-corrected chi connectivity index (χ0v) is 14.6. The Balaban J connectivity index is 1.62. The highest BCUT2D eigenvalue weighted by Crippen LogP contribution is 2.35. The highest BCUT2D eigenvalue weighted by Gasteiger charge is 2.20. The topological polar surface area (TPSA) is 54.0 Å². The Kier molecular flexibility index (Phi) is 5.18. The van der Waals surface area contributed by atoms with Gasteiger partial charge in [0.15, 0.2) is 0 Å². The van der Waals surface area contributed by atoms with Gasteiger partial charge in [-0.15, -0.1) is 11.3 Å². The highest BCUT2D eigenvalue weighted by molar-refractivity contribution is 7.09. The fraction of sp³-hybridized carbons (Fsp3) is 0.412. The lowest BCUT2D eigenvalue weighted by atomic mass is 10.1. The Bertz CT molecular complexity index is 695. The maximum Gasteiger partial charge on any atom is 0.252 e. The number of thiazole rings is 1. The van der Waals surface area contributed by atoms with E-state index in [1.165, 1.54) is 30.7 Å². The molecule has 2 N–H and O–H groups in total. The van der Waals surface area contributed by atoms with E-state index in [0.29, 0.717) is 23.0 Å². The number of amides is 1. The van der Waals surface area contributed by atoms with Crippen molar-refractivity contribution in [2.24, 2.45) is 0 Å². The predicted molar refractivity (Wildman–Crippen MR) is 95.5 cm³/mol. The Morgan fingerprint density at radius 1 is 1.39 bits per heavy atom. The van der Waals surface area contributed by atoms with Crippen LogP contribution in [0.25, 0.3) is 0 Å². The van der Waals surface area contributed by atoms with Crippen molar-refractivity contribution in [2.75, 3.05) is 12.4 Å². The van der Waals surface area contributed by atoms with Crippen molar-refractivity contribution in [3.05, 3.63) is 44.9 Å². The number of carbonyl (C=O) groups excluding carboxylic acids is 1. The number of benzene rings is 1. The van der Waals surface area contributed by atoms with Crippen LogP contribution in [0.1, 0.15) is 52.7 Å². The molecule has 1 saturated carbocycles. The minimum Gasteiger partial charge on any atom is -0.379 e. The Morgan fingerprint density at radius 2 is 2.17 bits per heavy atom. The summed E-state index contributed by atoms with van der Waals surface area (Å²) >= 11 is 7.92. The van der Waals surface area contributed by atoms with Crippen LogP contribution >= 0.6 is 22.9 Å². The number of nitrogens with one attached hydrogen (secondary N) is 2. The Morgan fingerprint density at radius 3 is 2.87 bits per heavy atom. The van der Waals surface area contributed by atoms with E-state index in [9.17, 15) is 4.79 Å². The van der Waals surface area contributed by atoms with Crippen LogP contribution in [0, 0.1) is 0 Å². The minimum atomic E-state index is -0.178. The van der Waals surface area contributed by atoms with Crippen LogP contribution < -0.4 is 10.6 Å². The average molecular weight is 350 g/mol. The third-order valence-corrected chi connectivity index (χ3v) is 5.56. The Hall–Kier alpha value is -1.59. The molecule has 0 aliphatic heterocycles. The summed E-state index contributed by atoms with van der Waals surface area (Å²) < 4.78 is 0. The van der Waals surface area contributed by atoms with Crippen LogP contribution in [0.15, 0.2) is 23.6 Å². The molecular weight excluding hydrogens is 330 g/mol. The number of rotatable bonds is 5. The normalized spacial score (nSPS) is 14.9. The zero-order chi connectivity index (χ0) is 16.2. The monoisotopic (exact) mass is 349 g/mol. The summed E-state index contributed by atoms with van der Waals surface area (Å²) in [5.74, 6) is 0.484. The molecule has 23 heavy (non-hydrogen) atoms. The first-order chi connectivity index (χ1) is 11.2. The van der Waals surface area contributed by atoms with Gasteiger partial charge in [-0.25, -0.2) is 4.98 Å². The standard InChI is InChI=1S/C17H20ClN3OS/c1-19-16(22)14-7-6-12(8-15(14)18)20-9-13-10-23-17(21-13)11-4-2-3-5-11/h6-8,10-11,20H,2-5,9H2,1H3,(H,19,22). The van der Waals surface area contributed by atoms with Crippen LogP contribution in [-0.2, 0) is 6.54 Å². The van der Waals surface area contributed by atoms with Gasteiger partial charge in [0.25, 0.3) is 5.91 Å². The van der Waals surface area contributed by atoms with Crippen molar-refractivity contribution in [1.29, 1.82) is 0 Å². The number of hydrogen-bond acceptors (Lipinski definition) is 4. The molecule has 0 bridgehead atoms. The first-order valence-electron chi connectivity index (χ1n) is 7.87. The van der Waals surface area contributed by atoms with Gasteiger partial charge in [-0.3, -0.25) is 4.79 Å². The second kappa shape index (κ2) is 7.32. The van der Waals surface area contributed by atoms with Gasteiger partial charge in [-0.1, -0.05) is 24.4 Å². The minimum absolute atomic E-state index is 0.178. The average Bonchev–Trinajstić information content (AvgIpc) is 3.23. The number of carbonyl (C=O) groups is 1. The highest BCUT2D eigenvalue weighted by atomic mass is 35.5. The molecule has 1 fully saturated rings. The molecule has 0 atom stereocenters. The van der Waals surface area contributed by atoms with E-state index in [1.807, 2.05) is 6.07 Å². The molecule has 0 spiro atoms. The molecule has 2 aromatic rings. The molecule has 1 amide bonds. The van der Waals surface area contributed by atoms with Crippen LogP contribution in [0.2, 0.25) is 5.02 Å². The Labute approximate surface area is 145 Å². The van der Waals surface area contributed by atoms with E-state index >= 15 is 0 Å². The number of halogens is 1. The number of hydrogen-bond donors (Lipinski definition) is 2. The smallest absolute Gasteiger partial charge is 0.252 e. The third-order valence-electron chi connectivity index (χ3n) is 4.19.